The van der Waals surface area contributed by atoms with Crippen LogP contribution in [0.1, 0.15) is 52.0 Å². The Morgan fingerprint density at radius 2 is 1.86 bits per heavy atom. The number of carbonyl (C=O) groups excluding carboxylic acids is 2. The van der Waals surface area contributed by atoms with E-state index in [0.29, 0.717) is 35.1 Å². The van der Waals surface area contributed by atoms with E-state index in [1.807, 2.05) is 36.4 Å². The molecule has 3 N–H and O–H groups in total. The van der Waals surface area contributed by atoms with Crippen LogP contribution in [0.2, 0.25) is 5.02 Å². The molecule has 0 aromatic heterocycles. The maximum atomic E-state index is 13.5. The first-order valence-electron chi connectivity index (χ1n) is 14.3. The Bertz CT molecular complexity index is 1550. The number of nitrogens with one attached hydrogen (secondary N) is 1. The Balaban J connectivity index is 1.36. The van der Waals surface area contributed by atoms with Gasteiger partial charge in [0.25, 0.3) is 5.91 Å². The largest absolute Gasteiger partial charge is 0.492 e. The van der Waals surface area contributed by atoms with Gasteiger partial charge in [0.2, 0.25) is 5.91 Å². The van der Waals surface area contributed by atoms with Gasteiger partial charge in [0.1, 0.15) is 17.6 Å². The molecule has 0 spiro atoms. The summed E-state index contributed by atoms with van der Waals surface area (Å²) in [6.45, 7) is 4.87. The van der Waals surface area contributed by atoms with Crippen molar-refractivity contribution in [3.8, 4) is 11.8 Å². The van der Waals surface area contributed by atoms with E-state index in [1.54, 1.807) is 30.3 Å². The fourth-order valence-corrected chi connectivity index (χ4v) is 5.71. The van der Waals surface area contributed by atoms with Gasteiger partial charge >= 0.3 is 0 Å². The highest BCUT2D eigenvalue weighted by Gasteiger charge is 2.33. The molecule has 0 fully saturated rings. The molecular formula is C33H35ClN6O3. The molecular weight excluding hydrogens is 564 g/mol. The molecule has 2 heterocycles. The quantitative estimate of drug-likeness (QED) is 0.356. The van der Waals surface area contributed by atoms with Gasteiger partial charge in [0.05, 0.1) is 36.5 Å². The van der Waals surface area contributed by atoms with Crippen molar-refractivity contribution < 1.29 is 14.3 Å². The molecule has 0 saturated heterocycles. The van der Waals surface area contributed by atoms with Crippen molar-refractivity contribution in [3.05, 3.63) is 112 Å². The average Bonchev–Trinajstić information content (AvgIpc) is 3.43. The number of nitrogens with two attached hydrogens (primary N) is 1. The smallest absolute Gasteiger partial charge is 0.255 e. The molecule has 43 heavy (non-hydrogen) atoms. The summed E-state index contributed by atoms with van der Waals surface area (Å²) in [5.74, 6) is 0.540. The van der Waals surface area contributed by atoms with Crippen LogP contribution in [0.3, 0.4) is 0 Å². The predicted octanol–water partition coefficient (Wildman–Crippen LogP) is 4.39. The third-order valence-electron chi connectivity index (χ3n) is 7.95. The first kappa shape index (κ1) is 29.8. The Morgan fingerprint density at radius 1 is 1.14 bits per heavy atom. The van der Waals surface area contributed by atoms with E-state index in [0.717, 1.165) is 42.1 Å². The van der Waals surface area contributed by atoms with Gasteiger partial charge in [-0.15, -0.1) is 0 Å². The van der Waals surface area contributed by atoms with Gasteiger partial charge in [0, 0.05) is 49.8 Å². The van der Waals surface area contributed by atoms with E-state index in [9.17, 15) is 9.59 Å². The third-order valence-corrected chi connectivity index (χ3v) is 8.21. The molecule has 9 nitrogen and oxygen atoms in total. The molecule has 5 rings (SSSR count). The lowest BCUT2D eigenvalue weighted by Crippen LogP contribution is -2.46. The van der Waals surface area contributed by atoms with Crippen molar-refractivity contribution in [2.75, 3.05) is 26.9 Å². The van der Waals surface area contributed by atoms with Gasteiger partial charge in [-0.05, 0) is 48.4 Å². The second kappa shape index (κ2) is 13.1. The predicted molar refractivity (Wildman–Crippen MR) is 165 cm³/mol. The van der Waals surface area contributed by atoms with Crippen LogP contribution >= 0.6 is 11.6 Å². The summed E-state index contributed by atoms with van der Waals surface area (Å²) < 4.78 is 6.09. The Labute approximate surface area is 257 Å². The Hall–Kier alpha value is -4.68. The number of hydrogen-bond donors (Lipinski definition) is 2. The number of amides is 2. The number of nitrogens with zero attached hydrogens (tertiary/aromatic N) is 4. The monoisotopic (exact) mass is 598 g/mol. The molecule has 0 aliphatic carbocycles. The van der Waals surface area contributed by atoms with Crippen molar-refractivity contribution in [2.45, 2.75) is 38.4 Å². The molecule has 2 amide bonds. The zero-order valence-electron chi connectivity index (χ0n) is 24.3. The van der Waals surface area contributed by atoms with E-state index in [2.05, 4.69) is 46.3 Å². The summed E-state index contributed by atoms with van der Waals surface area (Å²) >= 11 is 5.99. The lowest BCUT2D eigenvalue weighted by atomic mass is 9.95. The van der Waals surface area contributed by atoms with Crippen LogP contribution in [-0.2, 0) is 17.8 Å². The molecule has 0 radical (unpaired) electrons. The van der Waals surface area contributed by atoms with Gasteiger partial charge in [0.15, 0.2) is 0 Å². The van der Waals surface area contributed by atoms with Gasteiger partial charge in [-0.1, -0.05) is 48.0 Å². The molecule has 0 bridgehead atoms. The first-order valence-corrected chi connectivity index (χ1v) is 14.7. The first-order chi connectivity index (χ1) is 20.8. The number of para-hydroxylation sites is 1. The van der Waals surface area contributed by atoms with Crippen molar-refractivity contribution in [1.29, 1.82) is 5.26 Å². The Morgan fingerprint density at radius 3 is 2.53 bits per heavy atom. The van der Waals surface area contributed by atoms with E-state index < -0.39 is 17.9 Å². The number of benzene rings is 3. The van der Waals surface area contributed by atoms with Crippen LogP contribution in [0, 0.1) is 11.3 Å². The average molecular weight is 599 g/mol. The summed E-state index contributed by atoms with van der Waals surface area (Å²) in [6, 6.07) is 21.5. The second-order valence-corrected chi connectivity index (χ2v) is 11.2. The molecule has 0 saturated carbocycles. The van der Waals surface area contributed by atoms with Crippen LogP contribution in [0.4, 0.5) is 0 Å². The van der Waals surface area contributed by atoms with E-state index in [-0.39, 0.29) is 12.5 Å². The Kier molecular flexibility index (Phi) is 9.07. The summed E-state index contributed by atoms with van der Waals surface area (Å²) in [5.41, 5.74) is 9.52. The lowest BCUT2D eigenvalue weighted by molar-refractivity contribution is -0.119. The third kappa shape index (κ3) is 6.71. The fourth-order valence-electron chi connectivity index (χ4n) is 5.58. The number of rotatable bonds is 10. The molecule has 1 unspecified atom stereocenters. The summed E-state index contributed by atoms with van der Waals surface area (Å²) in [6.07, 6.45) is 3.16. The summed E-state index contributed by atoms with van der Waals surface area (Å²) in [7, 11) is 2.07. The van der Waals surface area contributed by atoms with E-state index in [4.69, 9.17) is 27.3 Å². The van der Waals surface area contributed by atoms with Gasteiger partial charge in [-0.3, -0.25) is 9.59 Å². The molecule has 222 valence electrons. The summed E-state index contributed by atoms with van der Waals surface area (Å²) in [5, 5.41) is 12.6. The number of ether oxygens (including phenoxy) is 1. The van der Waals surface area contributed by atoms with Crippen LogP contribution in [0.25, 0.3) is 0 Å². The number of hydrogen-bond acceptors (Lipinski definition) is 7. The minimum absolute atomic E-state index is 0.0379. The van der Waals surface area contributed by atoms with Gasteiger partial charge in [-0.2, -0.15) is 5.26 Å². The fraction of sp³-hybridized carbons (Fsp3) is 0.303. The normalized spacial score (nSPS) is 16.4. The van der Waals surface area contributed by atoms with E-state index >= 15 is 0 Å². The van der Waals surface area contributed by atoms with Crippen LogP contribution < -0.4 is 15.8 Å². The number of carbonyl (C=O) groups is 2. The molecule has 2 atom stereocenters. The molecule has 10 heteroatoms. The standard InChI is InChI=1S/C33H35ClN6O3/c1-3-39-20-30(40(21-39)19-24-9-7-23(18-35)8-10-24)38(2)29-15-16-43-31-26(29)5-4-6-27(31)33(42)37-28(32(36)41)17-22-11-13-25(34)14-12-22/h4-14,20,28-29H,3,15-17,19,21H2,1-2H3,(H2,36,41)(H,37,42)/t28-,29?/m0/s1. The topological polar surface area (TPSA) is 115 Å². The molecule has 3 aromatic carbocycles. The van der Waals surface area contributed by atoms with Crippen LogP contribution in [-0.4, -0.2) is 59.4 Å². The highest BCUT2D eigenvalue weighted by atomic mass is 35.5. The van der Waals surface area contributed by atoms with Crippen molar-refractivity contribution in [2.24, 2.45) is 5.73 Å². The van der Waals surface area contributed by atoms with Crippen molar-refractivity contribution >= 4 is 23.4 Å². The van der Waals surface area contributed by atoms with Crippen LogP contribution in [0.5, 0.6) is 5.75 Å². The maximum absolute atomic E-state index is 13.5. The summed E-state index contributed by atoms with van der Waals surface area (Å²) in [4.78, 5) is 32.6. The van der Waals surface area contributed by atoms with Crippen molar-refractivity contribution in [3.63, 3.8) is 0 Å². The lowest BCUT2D eigenvalue weighted by Gasteiger charge is -2.38. The molecule has 3 aromatic rings. The SMILES string of the molecule is CCN1C=C(N(C)C2CCOc3c(C(=O)N[C@@H](Cc4ccc(Cl)cc4)C(N)=O)cccc32)N(Cc2ccc(C#N)cc2)C1. The molecule has 2 aliphatic heterocycles. The number of halogens is 1. The van der Waals surface area contributed by atoms with Gasteiger partial charge < -0.3 is 30.5 Å². The second-order valence-electron chi connectivity index (χ2n) is 10.8. The number of nitriles is 1. The van der Waals surface area contributed by atoms with E-state index in [1.165, 1.54) is 0 Å². The minimum Gasteiger partial charge on any atom is -0.492 e. The van der Waals surface area contributed by atoms with Crippen molar-refractivity contribution in [1.82, 2.24) is 20.0 Å². The van der Waals surface area contributed by atoms with Crippen LogP contribution in [0.15, 0.2) is 78.8 Å². The highest BCUT2D eigenvalue weighted by molar-refractivity contribution is 6.30. The highest BCUT2D eigenvalue weighted by Crippen LogP contribution is 2.40. The maximum Gasteiger partial charge on any atom is 0.255 e. The zero-order valence-corrected chi connectivity index (χ0v) is 25.1. The number of fused-ring (bicyclic) bond motifs is 1. The number of primary amides is 1. The molecule has 2 aliphatic rings. The minimum atomic E-state index is -0.897. The zero-order chi connectivity index (χ0) is 30.5. The van der Waals surface area contributed by atoms with Gasteiger partial charge in [-0.25, -0.2) is 0 Å².